The molecule has 3 fully saturated rings. The van der Waals surface area contributed by atoms with E-state index in [1.54, 1.807) is 5.57 Å². The average Bonchev–Trinajstić information content (AvgIpc) is 3.62. The summed E-state index contributed by atoms with van der Waals surface area (Å²) in [6.07, 6.45) is 43.4. The van der Waals surface area contributed by atoms with Gasteiger partial charge < -0.3 is 19.8 Å². The SMILES string of the molecule is CCCCCCCCCCCCCCCCCC(O)NCCCCN(CCO)CCCCCC(=O)OC1CCC2(C)C(=CCC3C2CCC2(C)C(C(C)CCCC(C)C)CCC32)C1. The first kappa shape index (κ1) is 54.7. The van der Waals surface area contributed by atoms with E-state index in [1.165, 1.54) is 148 Å². The van der Waals surface area contributed by atoms with E-state index >= 15 is 0 Å². The van der Waals surface area contributed by atoms with Gasteiger partial charge in [0.25, 0.3) is 0 Å². The second kappa shape index (κ2) is 30.4. The fraction of sp³-hybridized carbons (Fsp3) is 0.947. The van der Waals surface area contributed by atoms with Gasteiger partial charge in [0.05, 0.1) is 6.61 Å². The Morgan fingerprint density at radius 2 is 1.37 bits per heavy atom. The maximum absolute atomic E-state index is 13.0. The maximum atomic E-state index is 13.0. The van der Waals surface area contributed by atoms with E-state index in [-0.39, 0.29) is 24.1 Å². The summed E-state index contributed by atoms with van der Waals surface area (Å²) in [5.74, 6) is 5.10. The molecule has 4 rings (SSSR count). The zero-order chi connectivity index (χ0) is 45.3. The van der Waals surface area contributed by atoms with Gasteiger partial charge >= 0.3 is 5.97 Å². The number of nitrogens with one attached hydrogen (secondary N) is 1. The minimum Gasteiger partial charge on any atom is -0.462 e. The summed E-state index contributed by atoms with van der Waals surface area (Å²) in [6, 6.07) is 0. The van der Waals surface area contributed by atoms with Gasteiger partial charge in [-0.2, -0.15) is 0 Å². The fourth-order valence-corrected chi connectivity index (χ4v) is 13.8. The summed E-state index contributed by atoms with van der Waals surface area (Å²) >= 11 is 0. The van der Waals surface area contributed by atoms with Crippen LogP contribution >= 0.6 is 0 Å². The first-order valence-corrected chi connectivity index (χ1v) is 28.1. The van der Waals surface area contributed by atoms with Crippen LogP contribution in [0.1, 0.15) is 253 Å². The predicted octanol–water partition coefficient (Wildman–Crippen LogP) is 14.7. The molecular formula is C57H106N2O4. The van der Waals surface area contributed by atoms with Gasteiger partial charge in [-0.25, -0.2) is 0 Å². The number of ether oxygens (including phenoxy) is 1. The van der Waals surface area contributed by atoms with Crippen LogP contribution in [0.25, 0.3) is 0 Å². The Kier molecular flexibility index (Phi) is 26.4. The van der Waals surface area contributed by atoms with Gasteiger partial charge in [-0.1, -0.05) is 169 Å². The van der Waals surface area contributed by atoms with Gasteiger partial charge in [0, 0.05) is 19.4 Å². The van der Waals surface area contributed by atoms with E-state index in [9.17, 15) is 15.0 Å². The van der Waals surface area contributed by atoms with Crippen LogP contribution in [0, 0.1) is 46.3 Å². The Morgan fingerprint density at radius 1 is 0.730 bits per heavy atom. The van der Waals surface area contributed by atoms with Crippen LogP contribution in [0.5, 0.6) is 0 Å². The zero-order valence-electron chi connectivity index (χ0n) is 42.7. The molecule has 3 saturated carbocycles. The largest absolute Gasteiger partial charge is 0.462 e. The number of aliphatic hydroxyl groups is 2. The number of aliphatic hydroxyl groups excluding tert-OH is 2. The molecule has 0 aliphatic heterocycles. The van der Waals surface area contributed by atoms with Crippen molar-refractivity contribution < 1.29 is 19.7 Å². The van der Waals surface area contributed by atoms with Crippen LogP contribution < -0.4 is 5.32 Å². The lowest BCUT2D eigenvalue weighted by Gasteiger charge is -2.58. The smallest absolute Gasteiger partial charge is 0.306 e. The Morgan fingerprint density at radius 3 is 2.02 bits per heavy atom. The Hall–Kier alpha value is -0.950. The van der Waals surface area contributed by atoms with E-state index in [0.717, 1.165) is 113 Å². The molecule has 63 heavy (non-hydrogen) atoms. The van der Waals surface area contributed by atoms with Crippen molar-refractivity contribution in [3.63, 3.8) is 0 Å². The van der Waals surface area contributed by atoms with Crippen molar-refractivity contribution in [1.29, 1.82) is 0 Å². The number of nitrogens with zero attached hydrogens (tertiary/aromatic N) is 1. The summed E-state index contributed by atoms with van der Waals surface area (Å²) in [6.45, 7) is 18.5. The molecule has 0 spiro atoms. The standard InChI is InChI=1S/C57H106N2O4/c1-7-8-9-10-11-12-13-14-15-16-17-18-19-20-22-30-54(61)58-40-24-26-42-59(43-44-60)41-25-21-23-31-55(62)63-49-36-38-56(5)48(45-49)32-33-50-52-35-34-51(47(4)29-27-28-46(2)3)57(52,6)39-37-53(50)56/h32,46-47,49-54,58,60-61H,7-31,33-45H2,1-6H3. The number of allylic oxidation sites excluding steroid dienone is 1. The Labute approximate surface area is 391 Å². The van der Waals surface area contributed by atoms with E-state index in [1.807, 2.05) is 0 Å². The molecule has 0 aromatic carbocycles. The van der Waals surface area contributed by atoms with Crippen LogP contribution in [-0.2, 0) is 9.53 Å². The molecule has 3 N–H and O–H groups in total. The molecule has 6 heteroatoms. The highest BCUT2D eigenvalue weighted by molar-refractivity contribution is 5.69. The van der Waals surface area contributed by atoms with Gasteiger partial charge in [0.1, 0.15) is 12.3 Å². The number of esters is 1. The van der Waals surface area contributed by atoms with Crippen molar-refractivity contribution in [2.75, 3.05) is 32.8 Å². The first-order valence-electron chi connectivity index (χ1n) is 28.1. The topological polar surface area (TPSA) is 82.0 Å². The molecule has 9 atom stereocenters. The average molecular weight is 883 g/mol. The number of fused-ring (bicyclic) bond motifs is 5. The molecule has 0 radical (unpaired) electrons. The lowest BCUT2D eigenvalue weighted by Crippen LogP contribution is -2.51. The van der Waals surface area contributed by atoms with Crippen LogP contribution in [0.4, 0.5) is 0 Å². The lowest BCUT2D eigenvalue weighted by atomic mass is 9.47. The van der Waals surface area contributed by atoms with E-state index < -0.39 is 6.23 Å². The summed E-state index contributed by atoms with van der Waals surface area (Å²) in [4.78, 5) is 15.4. The third-order valence-electron chi connectivity index (χ3n) is 17.7. The zero-order valence-corrected chi connectivity index (χ0v) is 42.7. The molecule has 4 aliphatic carbocycles. The van der Waals surface area contributed by atoms with Gasteiger partial charge in [-0.3, -0.25) is 10.1 Å². The van der Waals surface area contributed by atoms with E-state index in [0.29, 0.717) is 18.4 Å². The van der Waals surface area contributed by atoms with Gasteiger partial charge in [-0.05, 0) is 149 Å². The number of carbonyl (C=O) groups is 1. The summed E-state index contributed by atoms with van der Waals surface area (Å²) in [7, 11) is 0. The highest BCUT2D eigenvalue weighted by Crippen LogP contribution is 2.67. The Balaban J connectivity index is 0.999. The van der Waals surface area contributed by atoms with Crippen molar-refractivity contribution in [3.8, 4) is 0 Å². The number of hydrogen-bond acceptors (Lipinski definition) is 6. The maximum Gasteiger partial charge on any atom is 0.306 e. The molecule has 0 aromatic rings. The minimum absolute atomic E-state index is 0.00711. The highest BCUT2D eigenvalue weighted by atomic mass is 16.5. The van der Waals surface area contributed by atoms with Crippen LogP contribution in [0.15, 0.2) is 11.6 Å². The van der Waals surface area contributed by atoms with Gasteiger partial charge in [0.2, 0.25) is 0 Å². The quantitative estimate of drug-likeness (QED) is 0.0252. The van der Waals surface area contributed by atoms with Crippen molar-refractivity contribution in [3.05, 3.63) is 11.6 Å². The van der Waals surface area contributed by atoms with Gasteiger partial charge in [-0.15, -0.1) is 0 Å². The molecule has 4 aliphatic rings. The number of hydrogen-bond donors (Lipinski definition) is 3. The van der Waals surface area contributed by atoms with Crippen LogP contribution in [0.3, 0.4) is 0 Å². The molecule has 0 amide bonds. The van der Waals surface area contributed by atoms with Gasteiger partial charge in [0.15, 0.2) is 0 Å². The number of rotatable bonds is 36. The monoisotopic (exact) mass is 883 g/mol. The third-order valence-corrected chi connectivity index (χ3v) is 17.7. The second-order valence-corrected chi connectivity index (χ2v) is 22.9. The van der Waals surface area contributed by atoms with Crippen LogP contribution in [-0.4, -0.2) is 66.2 Å². The summed E-state index contributed by atoms with van der Waals surface area (Å²) < 4.78 is 6.17. The molecular weight excluding hydrogens is 777 g/mol. The van der Waals surface area contributed by atoms with E-state index in [4.69, 9.17) is 4.74 Å². The Bertz CT molecular complexity index is 1240. The minimum atomic E-state index is -0.394. The molecule has 0 aromatic heterocycles. The van der Waals surface area contributed by atoms with Crippen molar-refractivity contribution in [2.24, 2.45) is 46.3 Å². The highest BCUT2D eigenvalue weighted by Gasteiger charge is 2.59. The second-order valence-electron chi connectivity index (χ2n) is 22.9. The van der Waals surface area contributed by atoms with Crippen molar-refractivity contribution in [2.45, 2.75) is 266 Å². The van der Waals surface area contributed by atoms with Crippen LogP contribution in [0.2, 0.25) is 0 Å². The van der Waals surface area contributed by atoms with Crippen molar-refractivity contribution >= 4 is 5.97 Å². The molecule has 368 valence electrons. The van der Waals surface area contributed by atoms with Crippen molar-refractivity contribution in [1.82, 2.24) is 10.2 Å². The summed E-state index contributed by atoms with van der Waals surface area (Å²) in [5, 5.41) is 23.4. The molecule has 0 saturated heterocycles. The summed E-state index contributed by atoms with van der Waals surface area (Å²) in [5.41, 5.74) is 2.42. The molecule has 6 nitrogen and oxygen atoms in total. The molecule has 0 heterocycles. The molecule has 9 unspecified atom stereocenters. The fourth-order valence-electron chi connectivity index (χ4n) is 13.8. The first-order chi connectivity index (χ1) is 30.5. The third kappa shape index (κ3) is 18.6. The number of unbranched alkanes of at least 4 members (excludes halogenated alkanes) is 17. The number of carbonyl (C=O) groups excluding carboxylic acids is 1. The lowest BCUT2D eigenvalue weighted by molar-refractivity contribution is -0.151. The normalized spacial score (nSPS) is 27.8. The predicted molar refractivity (Wildman–Crippen MR) is 268 cm³/mol. The molecule has 0 bridgehead atoms. The van der Waals surface area contributed by atoms with E-state index in [2.05, 4.69) is 57.8 Å².